The number of carbonyl (C=O) groups excluding carboxylic acids is 2. The molecule has 0 aromatic heterocycles. The minimum Gasteiger partial charge on any atom is -0.480 e. The van der Waals surface area contributed by atoms with Crippen LogP contribution in [0.5, 0.6) is 0 Å². The lowest BCUT2D eigenvalue weighted by Gasteiger charge is -2.36. The summed E-state index contributed by atoms with van der Waals surface area (Å²) in [7, 11) is 0. The molecule has 0 bridgehead atoms. The van der Waals surface area contributed by atoms with E-state index in [2.05, 4.69) is 29.6 Å². The van der Waals surface area contributed by atoms with E-state index in [-0.39, 0.29) is 49.8 Å². The molecule has 8 heteroatoms. The Kier molecular flexibility index (Phi) is 6.00. The summed E-state index contributed by atoms with van der Waals surface area (Å²) in [5.74, 6) is -1.26. The van der Waals surface area contributed by atoms with E-state index in [1.165, 1.54) is 16.0 Å². The first kappa shape index (κ1) is 22.4. The predicted octanol–water partition coefficient (Wildman–Crippen LogP) is 2.74. The third-order valence-corrected chi connectivity index (χ3v) is 7.25. The Labute approximate surface area is 197 Å². The number of benzene rings is 2. The van der Waals surface area contributed by atoms with Gasteiger partial charge in [0, 0.05) is 31.3 Å². The predicted molar refractivity (Wildman–Crippen MR) is 123 cm³/mol. The van der Waals surface area contributed by atoms with Crippen LogP contribution in [-0.4, -0.2) is 64.4 Å². The maximum atomic E-state index is 12.5. The number of hydrogen-bond donors (Lipinski definition) is 3. The molecule has 2 aromatic carbocycles. The van der Waals surface area contributed by atoms with E-state index in [1.54, 1.807) is 0 Å². The van der Waals surface area contributed by atoms with Gasteiger partial charge in [-0.05, 0) is 41.0 Å². The number of carbonyl (C=O) groups is 3. The van der Waals surface area contributed by atoms with Gasteiger partial charge in [-0.25, -0.2) is 9.59 Å². The highest BCUT2D eigenvalue weighted by Crippen LogP contribution is 2.44. The summed E-state index contributed by atoms with van der Waals surface area (Å²) < 4.78 is 5.58. The number of nitrogens with one attached hydrogen (secondary N) is 1. The van der Waals surface area contributed by atoms with Gasteiger partial charge in [0.1, 0.15) is 12.6 Å². The number of nitrogens with zero attached hydrogens (tertiary/aromatic N) is 1. The molecule has 0 unspecified atom stereocenters. The van der Waals surface area contributed by atoms with Crippen molar-refractivity contribution in [1.82, 2.24) is 10.2 Å². The fourth-order valence-electron chi connectivity index (χ4n) is 5.51. The number of aliphatic carboxylic acids is 1. The number of likely N-dealkylation sites (tertiary alicyclic amines) is 1. The molecule has 2 atom stereocenters. The fraction of sp³-hybridized carbons (Fsp3) is 0.423. The smallest absolute Gasteiger partial charge is 0.407 e. The first-order valence-electron chi connectivity index (χ1n) is 11.7. The van der Waals surface area contributed by atoms with Crippen molar-refractivity contribution in [1.29, 1.82) is 0 Å². The second-order valence-corrected chi connectivity index (χ2v) is 9.50. The van der Waals surface area contributed by atoms with Crippen molar-refractivity contribution in [3.63, 3.8) is 0 Å². The van der Waals surface area contributed by atoms with Gasteiger partial charge in [-0.15, -0.1) is 0 Å². The van der Waals surface area contributed by atoms with Crippen LogP contribution in [0.15, 0.2) is 48.5 Å². The van der Waals surface area contributed by atoms with Crippen LogP contribution in [0.3, 0.4) is 0 Å². The van der Waals surface area contributed by atoms with E-state index in [9.17, 15) is 24.6 Å². The standard InChI is InChI=1S/C26H28N2O6/c29-17-12-23(25(31)32)28(13-17)24(30)11-15-9-16(10-15)27-26(33)34-14-22-20-7-3-1-5-18(20)19-6-2-4-8-21(19)22/h1-8,15-17,22-23,29H,9-14H2,(H,27,33)(H,31,32)/t15?,16?,17-,23-/m1/s1. The lowest BCUT2D eigenvalue weighted by Crippen LogP contribution is -2.47. The Morgan fingerprint density at radius 2 is 1.59 bits per heavy atom. The molecule has 8 nitrogen and oxygen atoms in total. The third kappa shape index (κ3) is 4.25. The maximum absolute atomic E-state index is 12.5. The van der Waals surface area contributed by atoms with Crippen molar-refractivity contribution in [2.75, 3.05) is 13.2 Å². The molecule has 1 aliphatic heterocycles. The number of carboxylic acid groups (broad SMARTS) is 1. The zero-order valence-electron chi connectivity index (χ0n) is 18.7. The number of carboxylic acids is 1. The highest BCUT2D eigenvalue weighted by atomic mass is 16.5. The van der Waals surface area contributed by atoms with Crippen LogP contribution >= 0.6 is 0 Å². The van der Waals surface area contributed by atoms with Gasteiger partial charge in [-0.1, -0.05) is 48.5 Å². The number of rotatable bonds is 6. The Hall–Kier alpha value is -3.39. The number of amides is 2. The van der Waals surface area contributed by atoms with Gasteiger partial charge in [0.15, 0.2) is 0 Å². The van der Waals surface area contributed by atoms with Crippen molar-refractivity contribution in [3.8, 4) is 11.1 Å². The number of aliphatic hydroxyl groups excluding tert-OH is 1. The summed E-state index contributed by atoms with van der Waals surface area (Å²) in [6, 6.07) is 15.3. The molecule has 2 aromatic rings. The molecular weight excluding hydrogens is 436 g/mol. The number of fused-ring (bicyclic) bond motifs is 3. The monoisotopic (exact) mass is 464 g/mol. The molecule has 1 heterocycles. The molecule has 178 valence electrons. The van der Waals surface area contributed by atoms with Gasteiger partial charge in [0.05, 0.1) is 6.10 Å². The second-order valence-electron chi connectivity index (χ2n) is 9.50. The minimum atomic E-state index is -1.09. The second kappa shape index (κ2) is 9.10. The lowest BCUT2D eigenvalue weighted by atomic mass is 9.78. The quantitative estimate of drug-likeness (QED) is 0.605. The van der Waals surface area contributed by atoms with Crippen LogP contribution < -0.4 is 5.32 Å². The SMILES string of the molecule is O=C(NC1CC(CC(=O)N2C[C@H](O)C[C@@H]2C(=O)O)C1)OCC1c2ccccc2-c2ccccc21. The van der Waals surface area contributed by atoms with Crippen molar-refractivity contribution in [3.05, 3.63) is 59.7 Å². The largest absolute Gasteiger partial charge is 0.480 e. The highest BCUT2D eigenvalue weighted by Gasteiger charge is 2.41. The van der Waals surface area contributed by atoms with Crippen molar-refractivity contribution >= 4 is 18.0 Å². The van der Waals surface area contributed by atoms with Crippen LogP contribution in [0, 0.1) is 5.92 Å². The lowest BCUT2D eigenvalue weighted by molar-refractivity contribution is -0.148. The van der Waals surface area contributed by atoms with Gasteiger partial charge >= 0.3 is 12.1 Å². The van der Waals surface area contributed by atoms with E-state index in [0.717, 1.165) is 11.1 Å². The van der Waals surface area contributed by atoms with Crippen LogP contribution in [0.25, 0.3) is 11.1 Å². The number of hydrogen-bond acceptors (Lipinski definition) is 5. The topological polar surface area (TPSA) is 116 Å². The van der Waals surface area contributed by atoms with Crippen LogP contribution in [0.1, 0.15) is 42.7 Å². The summed E-state index contributed by atoms with van der Waals surface area (Å²) in [5.41, 5.74) is 4.67. The van der Waals surface area contributed by atoms with Gasteiger partial charge in [0.2, 0.25) is 5.91 Å². The third-order valence-electron chi connectivity index (χ3n) is 7.25. The number of ether oxygens (including phenoxy) is 1. The number of aliphatic hydroxyl groups is 1. The Bertz CT molecular complexity index is 1070. The molecule has 5 rings (SSSR count). The van der Waals surface area contributed by atoms with Crippen LogP contribution in [-0.2, 0) is 14.3 Å². The number of β-amino-alcohol motifs (C(OH)–C–C–N with tert-alkyl or cyclic N) is 1. The van der Waals surface area contributed by atoms with E-state index in [1.807, 2.05) is 24.3 Å². The fourth-order valence-corrected chi connectivity index (χ4v) is 5.51. The van der Waals surface area contributed by atoms with Crippen molar-refractivity contribution in [2.45, 2.75) is 49.8 Å². The van der Waals surface area contributed by atoms with Crippen LogP contribution in [0.2, 0.25) is 0 Å². The Morgan fingerprint density at radius 3 is 2.21 bits per heavy atom. The molecule has 2 aliphatic carbocycles. The summed E-state index contributed by atoms with van der Waals surface area (Å²) >= 11 is 0. The molecule has 2 fully saturated rings. The van der Waals surface area contributed by atoms with E-state index in [4.69, 9.17) is 4.74 Å². The zero-order valence-corrected chi connectivity index (χ0v) is 18.7. The Balaban J connectivity index is 1.09. The molecule has 3 aliphatic rings. The summed E-state index contributed by atoms with van der Waals surface area (Å²) in [4.78, 5) is 37.5. The summed E-state index contributed by atoms with van der Waals surface area (Å²) in [5, 5.41) is 21.9. The van der Waals surface area contributed by atoms with Gasteiger partial charge < -0.3 is 25.2 Å². The maximum Gasteiger partial charge on any atom is 0.407 e. The molecule has 3 N–H and O–H groups in total. The van der Waals surface area contributed by atoms with E-state index >= 15 is 0 Å². The summed E-state index contributed by atoms with van der Waals surface area (Å²) in [6.45, 7) is 0.312. The average molecular weight is 465 g/mol. The summed E-state index contributed by atoms with van der Waals surface area (Å²) in [6.07, 6.45) is 0.310. The molecule has 0 spiro atoms. The average Bonchev–Trinajstić information content (AvgIpc) is 3.34. The first-order valence-corrected chi connectivity index (χ1v) is 11.7. The number of alkyl carbamates (subject to hydrolysis) is 1. The van der Waals surface area contributed by atoms with E-state index < -0.39 is 24.2 Å². The minimum absolute atomic E-state index is 0.00269. The normalized spacial score (nSPS) is 25.3. The molecule has 1 saturated carbocycles. The van der Waals surface area contributed by atoms with Gasteiger partial charge in [-0.3, -0.25) is 4.79 Å². The Morgan fingerprint density at radius 1 is 0.971 bits per heavy atom. The van der Waals surface area contributed by atoms with Crippen molar-refractivity contribution < 1.29 is 29.3 Å². The molecular formula is C26H28N2O6. The molecule has 1 saturated heterocycles. The van der Waals surface area contributed by atoms with Gasteiger partial charge in [0.25, 0.3) is 0 Å². The van der Waals surface area contributed by atoms with Gasteiger partial charge in [-0.2, -0.15) is 0 Å². The zero-order chi connectivity index (χ0) is 23.8. The van der Waals surface area contributed by atoms with Crippen molar-refractivity contribution in [2.24, 2.45) is 5.92 Å². The molecule has 34 heavy (non-hydrogen) atoms. The highest BCUT2D eigenvalue weighted by molar-refractivity contribution is 5.84. The van der Waals surface area contributed by atoms with Crippen LogP contribution in [0.4, 0.5) is 4.79 Å². The molecule has 2 amide bonds. The first-order chi connectivity index (χ1) is 16.4. The molecule has 0 radical (unpaired) electrons. The van der Waals surface area contributed by atoms with E-state index in [0.29, 0.717) is 12.8 Å².